The van der Waals surface area contributed by atoms with E-state index in [-0.39, 0.29) is 11.3 Å². The van der Waals surface area contributed by atoms with E-state index in [0.29, 0.717) is 41.5 Å². The molecule has 0 bridgehead atoms. The van der Waals surface area contributed by atoms with Gasteiger partial charge in [-0.15, -0.1) is 0 Å². The minimum atomic E-state index is -0.757. The Morgan fingerprint density at radius 2 is 1.66 bits per heavy atom. The highest BCUT2D eigenvalue weighted by Crippen LogP contribution is 2.41. The number of ether oxygens (including phenoxy) is 2. The molecule has 1 heterocycles. The lowest BCUT2D eigenvalue weighted by Crippen LogP contribution is -2.38. The maximum atomic E-state index is 13.4. The highest BCUT2D eigenvalue weighted by molar-refractivity contribution is 6.46. The number of amides is 1. The van der Waals surface area contributed by atoms with Crippen LogP contribution in [0, 0.1) is 6.92 Å². The third kappa shape index (κ3) is 5.58. The van der Waals surface area contributed by atoms with Gasteiger partial charge in [0.25, 0.3) is 11.7 Å². The summed E-state index contributed by atoms with van der Waals surface area (Å²) in [6.07, 6.45) is 0. The SMILES string of the molecule is CCN(CC)CCN1C(=O)C(=O)/C(=C(/O)c2ccc(OC)c(C)c2)[C@@H]1c1cccc(Oc2ccccc2)c1. The van der Waals surface area contributed by atoms with Crippen LogP contribution in [0.25, 0.3) is 5.76 Å². The molecular formula is C31H34N2O5. The van der Waals surface area contributed by atoms with Crippen molar-refractivity contribution in [2.75, 3.05) is 33.3 Å². The standard InChI is InChI=1S/C31H34N2O5/c1-5-32(6-2)17-18-33-28(22-11-10-14-25(20-22)38-24-12-8-7-9-13-24)27(30(35)31(33)36)29(34)23-15-16-26(37-4)21(3)19-23/h7-16,19-20,28,34H,5-6,17-18H2,1-4H3/b29-27+/t28-/m0/s1. The van der Waals surface area contributed by atoms with Crippen LogP contribution in [0.2, 0.25) is 0 Å². The number of likely N-dealkylation sites (tertiary alicyclic amines) is 1. The number of methoxy groups -OCH3 is 1. The van der Waals surface area contributed by atoms with Crippen molar-refractivity contribution in [3.63, 3.8) is 0 Å². The summed E-state index contributed by atoms with van der Waals surface area (Å²) in [6.45, 7) is 8.60. The van der Waals surface area contributed by atoms with E-state index in [1.165, 1.54) is 0 Å². The molecule has 1 fully saturated rings. The van der Waals surface area contributed by atoms with Crippen molar-refractivity contribution in [2.45, 2.75) is 26.8 Å². The Balaban J connectivity index is 1.80. The van der Waals surface area contributed by atoms with E-state index in [1.807, 2.05) is 61.5 Å². The van der Waals surface area contributed by atoms with Crippen molar-refractivity contribution < 1.29 is 24.2 Å². The number of hydrogen-bond acceptors (Lipinski definition) is 6. The van der Waals surface area contributed by atoms with Gasteiger partial charge < -0.3 is 24.4 Å². The molecule has 0 aliphatic carbocycles. The quantitative estimate of drug-likeness (QED) is 0.217. The molecule has 4 rings (SSSR count). The minimum absolute atomic E-state index is 0.0657. The first-order valence-corrected chi connectivity index (χ1v) is 12.9. The fraction of sp³-hybridized carbons (Fsp3) is 0.290. The molecule has 1 saturated heterocycles. The van der Waals surface area contributed by atoms with E-state index >= 15 is 0 Å². The first-order valence-electron chi connectivity index (χ1n) is 12.9. The second-order valence-electron chi connectivity index (χ2n) is 9.19. The number of ketones is 1. The Morgan fingerprint density at radius 1 is 0.947 bits per heavy atom. The number of nitrogens with zero attached hydrogens (tertiary/aromatic N) is 2. The topological polar surface area (TPSA) is 79.3 Å². The van der Waals surface area contributed by atoms with Crippen LogP contribution in [-0.4, -0.2) is 59.9 Å². The molecule has 198 valence electrons. The normalized spacial score (nSPS) is 16.8. The summed E-state index contributed by atoms with van der Waals surface area (Å²) in [5, 5.41) is 11.4. The Kier molecular flexibility index (Phi) is 8.48. The molecule has 3 aromatic carbocycles. The van der Waals surface area contributed by atoms with Gasteiger partial charge in [0.15, 0.2) is 0 Å². The summed E-state index contributed by atoms with van der Waals surface area (Å²) in [5.74, 6) is 0.387. The number of carbonyl (C=O) groups is 2. The summed E-state index contributed by atoms with van der Waals surface area (Å²) in [7, 11) is 1.58. The largest absolute Gasteiger partial charge is 0.507 e. The number of Topliss-reactive ketones (excluding diaryl/α,β-unsaturated/α-hetero) is 1. The molecule has 0 aromatic heterocycles. The number of likely N-dealkylation sites (N-methyl/N-ethyl adjacent to an activating group) is 1. The number of aliphatic hydroxyl groups excluding tert-OH is 1. The van der Waals surface area contributed by atoms with Crippen molar-refractivity contribution in [1.82, 2.24) is 9.80 Å². The monoisotopic (exact) mass is 514 g/mol. The molecule has 1 aliphatic rings. The number of rotatable bonds is 10. The van der Waals surface area contributed by atoms with Crippen molar-refractivity contribution in [2.24, 2.45) is 0 Å². The Bertz CT molecular complexity index is 1330. The number of aryl methyl sites for hydroxylation is 1. The van der Waals surface area contributed by atoms with Gasteiger partial charge in [-0.1, -0.05) is 44.2 Å². The Hall–Kier alpha value is -4.10. The lowest BCUT2D eigenvalue weighted by Gasteiger charge is -2.28. The zero-order valence-corrected chi connectivity index (χ0v) is 22.3. The molecule has 3 aromatic rings. The van der Waals surface area contributed by atoms with Crippen LogP contribution < -0.4 is 9.47 Å². The van der Waals surface area contributed by atoms with E-state index in [9.17, 15) is 14.7 Å². The molecule has 1 amide bonds. The number of para-hydroxylation sites is 1. The maximum Gasteiger partial charge on any atom is 0.295 e. The van der Waals surface area contributed by atoms with Crippen molar-refractivity contribution in [3.05, 3.63) is 95.1 Å². The summed E-state index contributed by atoms with van der Waals surface area (Å²) >= 11 is 0. The van der Waals surface area contributed by atoms with E-state index in [4.69, 9.17) is 9.47 Å². The number of aliphatic hydroxyl groups is 1. The lowest BCUT2D eigenvalue weighted by molar-refractivity contribution is -0.140. The second-order valence-corrected chi connectivity index (χ2v) is 9.19. The van der Waals surface area contributed by atoms with Crippen molar-refractivity contribution in [3.8, 4) is 17.2 Å². The zero-order chi connectivity index (χ0) is 27.2. The minimum Gasteiger partial charge on any atom is -0.507 e. The van der Waals surface area contributed by atoms with Gasteiger partial charge in [-0.2, -0.15) is 0 Å². The zero-order valence-electron chi connectivity index (χ0n) is 22.3. The van der Waals surface area contributed by atoms with Crippen molar-refractivity contribution in [1.29, 1.82) is 0 Å². The van der Waals surface area contributed by atoms with E-state index in [0.717, 1.165) is 18.7 Å². The summed E-state index contributed by atoms with van der Waals surface area (Å²) in [6, 6.07) is 21.2. The van der Waals surface area contributed by atoms with Gasteiger partial charge in [0, 0.05) is 18.7 Å². The smallest absolute Gasteiger partial charge is 0.295 e. The van der Waals surface area contributed by atoms with Gasteiger partial charge in [0.2, 0.25) is 0 Å². The van der Waals surface area contributed by atoms with E-state index in [2.05, 4.69) is 18.7 Å². The average Bonchev–Trinajstić information content (AvgIpc) is 3.19. The second kappa shape index (κ2) is 12.0. The fourth-order valence-electron chi connectivity index (χ4n) is 4.80. The molecule has 1 aliphatic heterocycles. The molecule has 1 atom stereocenters. The van der Waals surface area contributed by atoms with Crippen LogP contribution in [0.5, 0.6) is 17.2 Å². The van der Waals surface area contributed by atoms with Gasteiger partial charge in [0.05, 0.1) is 18.7 Å². The Morgan fingerprint density at radius 3 is 2.32 bits per heavy atom. The summed E-state index contributed by atoms with van der Waals surface area (Å²) in [4.78, 5) is 30.5. The van der Waals surface area contributed by atoms with Gasteiger partial charge in [-0.05, 0) is 73.6 Å². The molecule has 7 heteroatoms. The molecule has 0 saturated carbocycles. The van der Waals surface area contributed by atoms with Crippen LogP contribution in [-0.2, 0) is 9.59 Å². The summed E-state index contributed by atoms with van der Waals surface area (Å²) < 4.78 is 11.4. The highest BCUT2D eigenvalue weighted by atomic mass is 16.5. The molecule has 0 spiro atoms. The van der Waals surface area contributed by atoms with Gasteiger partial charge in [0.1, 0.15) is 23.0 Å². The van der Waals surface area contributed by atoms with E-state index in [1.54, 1.807) is 30.2 Å². The molecule has 1 N–H and O–H groups in total. The first-order chi connectivity index (χ1) is 18.4. The average molecular weight is 515 g/mol. The van der Waals surface area contributed by atoms with Crippen LogP contribution in [0.3, 0.4) is 0 Å². The molecule has 7 nitrogen and oxygen atoms in total. The van der Waals surface area contributed by atoms with Crippen LogP contribution in [0.15, 0.2) is 78.4 Å². The van der Waals surface area contributed by atoms with Gasteiger partial charge in [-0.25, -0.2) is 0 Å². The molecule has 0 unspecified atom stereocenters. The number of hydrogen-bond donors (Lipinski definition) is 1. The lowest BCUT2D eigenvalue weighted by atomic mass is 9.94. The maximum absolute atomic E-state index is 13.4. The van der Waals surface area contributed by atoms with E-state index < -0.39 is 17.7 Å². The molecular weight excluding hydrogens is 480 g/mol. The Labute approximate surface area is 223 Å². The van der Waals surface area contributed by atoms with Crippen LogP contribution in [0.4, 0.5) is 0 Å². The third-order valence-corrected chi connectivity index (χ3v) is 6.91. The van der Waals surface area contributed by atoms with Gasteiger partial charge >= 0.3 is 0 Å². The molecule has 38 heavy (non-hydrogen) atoms. The van der Waals surface area contributed by atoms with Crippen LogP contribution >= 0.6 is 0 Å². The summed E-state index contributed by atoms with van der Waals surface area (Å²) in [5.41, 5.74) is 2.01. The third-order valence-electron chi connectivity index (χ3n) is 6.91. The highest BCUT2D eigenvalue weighted by Gasteiger charge is 2.46. The number of benzene rings is 3. The fourth-order valence-corrected chi connectivity index (χ4v) is 4.80. The first kappa shape index (κ1) is 26.9. The van der Waals surface area contributed by atoms with Gasteiger partial charge in [-0.3, -0.25) is 9.59 Å². The number of carbonyl (C=O) groups excluding carboxylic acids is 2. The van der Waals surface area contributed by atoms with Crippen LogP contribution in [0.1, 0.15) is 36.6 Å². The predicted molar refractivity (Wildman–Crippen MR) is 147 cm³/mol. The van der Waals surface area contributed by atoms with Crippen molar-refractivity contribution >= 4 is 17.4 Å². The molecule has 0 radical (unpaired) electrons. The predicted octanol–water partition coefficient (Wildman–Crippen LogP) is 5.56.